The maximum atomic E-state index is 13.0. The summed E-state index contributed by atoms with van der Waals surface area (Å²) in [4.78, 5) is 22.3. The van der Waals surface area contributed by atoms with Crippen LogP contribution >= 0.6 is 0 Å². The maximum Gasteiger partial charge on any atom is 0.257 e. The van der Waals surface area contributed by atoms with Crippen molar-refractivity contribution in [2.24, 2.45) is 5.10 Å². The molecule has 0 aliphatic carbocycles. The van der Waals surface area contributed by atoms with E-state index in [4.69, 9.17) is 15.5 Å². The van der Waals surface area contributed by atoms with E-state index in [1.54, 1.807) is 13.3 Å². The molecule has 2 aromatic heterocycles. The lowest BCUT2D eigenvalue weighted by molar-refractivity contribution is 0.0951. The van der Waals surface area contributed by atoms with Crippen LogP contribution in [0.25, 0.3) is 22.2 Å². The third-order valence-electron chi connectivity index (χ3n) is 5.01. The van der Waals surface area contributed by atoms with Gasteiger partial charge >= 0.3 is 0 Å². The van der Waals surface area contributed by atoms with Gasteiger partial charge in [-0.3, -0.25) is 4.79 Å². The number of aryl methyl sites for hydroxylation is 1. The fourth-order valence-electron chi connectivity index (χ4n) is 3.35. The molecule has 0 radical (unpaired) electrons. The van der Waals surface area contributed by atoms with E-state index in [2.05, 4.69) is 15.4 Å². The topological polar surface area (TPSA) is 107 Å². The lowest BCUT2D eigenvalue weighted by Gasteiger charge is -2.05. The number of nitrogens with two attached hydrogens (primary N) is 1. The van der Waals surface area contributed by atoms with Crippen molar-refractivity contribution in [2.45, 2.75) is 13.3 Å². The molecule has 0 fully saturated rings. The van der Waals surface area contributed by atoms with Gasteiger partial charge in [0.15, 0.2) is 5.65 Å². The van der Waals surface area contributed by atoms with Gasteiger partial charge in [0, 0.05) is 20.3 Å². The molecule has 8 nitrogen and oxygen atoms in total. The highest BCUT2D eigenvalue weighted by Crippen LogP contribution is 2.27. The second kappa shape index (κ2) is 8.93. The van der Waals surface area contributed by atoms with Crippen molar-refractivity contribution >= 4 is 40.1 Å². The predicted octanol–water partition coefficient (Wildman–Crippen LogP) is 3.12. The largest absolute Gasteiger partial charge is 0.385 e. The predicted molar refractivity (Wildman–Crippen MR) is 122 cm³/mol. The third-order valence-corrected chi connectivity index (χ3v) is 5.01. The van der Waals surface area contributed by atoms with Crippen LogP contribution in [-0.4, -0.2) is 47.0 Å². The van der Waals surface area contributed by atoms with Crippen molar-refractivity contribution in [2.75, 3.05) is 26.0 Å². The molecule has 0 aliphatic heterocycles. The van der Waals surface area contributed by atoms with Crippen molar-refractivity contribution in [3.8, 4) is 0 Å². The van der Waals surface area contributed by atoms with E-state index in [1.165, 1.54) is 4.68 Å². The zero-order chi connectivity index (χ0) is 21.8. The molecule has 1 amide bonds. The number of fused-ring (bicyclic) bond motifs is 2. The van der Waals surface area contributed by atoms with Crippen LogP contribution in [0, 0.1) is 6.92 Å². The second-order valence-electron chi connectivity index (χ2n) is 7.16. The zero-order valence-corrected chi connectivity index (χ0v) is 17.5. The van der Waals surface area contributed by atoms with Crippen LogP contribution in [0.1, 0.15) is 27.9 Å². The zero-order valence-electron chi connectivity index (χ0n) is 17.5. The van der Waals surface area contributed by atoms with Crippen LogP contribution in [0.4, 0.5) is 5.82 Å². The van der Waals surface area contributed by atoms with Crippen molar-refractivity contribution in [1.82, 2.24) is 20.0 Å². The Morgan fingerprint density at radius 2 is 1.87 bits per heavy atom. The van der Waals surface area contributed by atoms with Crippen LogP contribution in [0.2, 0.25) is 0 Å². The van der Waals surface area contributed by atoms with E-state index in [0.717, 1.165) is 11.1 Å². The molecule has 0 spiro atoms. The summed E-state index contributed by atoms with van der Waals surface area (Å²) >= 11 is 0. The van der Waals surface area contributed by atoms with Crippen LogP contribution in [-0.2, 0) is 4.74 Å². The molecule has 0 unspecified atom stereocenters. The number of hydrogen-bond acceptors (Lipinski definition) is 6. The van der Waals surface area contributed by atoms with Gasteiger partial charge in [-0.1, -0.05) is 36.4 Å². The van der Waals surface area contributed by atoms with Gasteiger partial charge < -0.3 is 15.8 Å². The van der Waals surface area contributed by atoms with E-state index < -0.39 is 0 Å². The number of para-hydroxylation sites is 2. The number of aromatic nitrogens is 3. The number of amides is 1. The molecule has 2 aromatic carbocycles. The highest BCUT2D eigenvalue weighted by Gasteiger charge is 2.23. The van der Waals surface area contributed by atoms with Crippen molar-refractivity contribution in [1.29, 1.82) is 0 Å². The van der Waals surface area contributed by atoms with E-state index in [-0.39, 0.29) is 17.3 Å². The van der Waals surface area contributed by atoms with Gasteiger partial charge in [-0.15, -0.1) is 0 Å². The average Bonchev–Trinajstić information content (AvgIpc) is 3.04. The Hall–Kier alpha value is -3.78. The van der Waals surface area contributed by atoms with E-state index in [1.807, 2.05) is 55.5 Å². The van der Waals surface area contributed by atoms with E-state index >= 15 is 0 Å². The highest BCUT2D eigenvalue weighted by molar-refractivity contribution is 6.10. The fourth-order valence-corrected chi connectivity index (χ4v) is 3.35. The minimum absolute atomic E-state index is 0.194. The smallest absolute Gasteiger partial charge is 0.257 e. The first-order valence-electron chi connectivity index (χ1n) is 10.0. The van der Waals surface area contributed by atoms with Crippen LogP contribution in [0.3, 0.4) is 0 Å². The standard InChI is InChI=1S/C23H24N6O2/c1-15-8-3-4-9-16(15)14-26-29-21(24)19(23(30)25-12-7-13-31-2)20-22(29)28-18-11-6-5-10-17(18)27-20/h3-6,8-11,14H,7,12-13,24H2,1-2H3,(H,25,30). The monoisotopic (exact) mass is 416 g/mol. The number of nitrogen functional groups attached to an aromatic ring is 1. The Morgan fingerprint density at radius 3 is 2.61 bits per heavy atom. The summed E-state index contributed by atoms with van der Waals surface area (Å²) in [5.74, 6) is -0.118. The van der Waals surface area contributed by atoms with Crippen molar-refractivity contribution in [3.63, 3.8) is 0 Å². The molecule has 0 aliphatic rings. The Balaban J connectivity index is 1.83. The molecule has 4 aromatic rings. The maximum absolute atomic E-state index is 13.0. The lowest BCUT2D eigenvalue weighted by atomic mass is 10.1. The Labute approximate surface area is 179 Å². The molecule has 31 heavy (non-hydrogen) atoms. The minimum atomic E-state index is -0.312. The Bertz CT molecular complexity index is 1280. The summed E-state index contributed by atoms with van der Waals surface area (Å²) in [6.45, 7) is 3.03. The molecular weight excluding hydrogens is 392 g/mol. The molecule has 0 saturated carbocycles. The number of hydrogen-bond donors (Lipinski definition) is 2. The number of methoxy groups -OCH3 is 1. The summed E-state index contributed by atoms with van der Waals surface area (Å²) in [6, 6.07) is 15.4. The summed E-state index contributed by atoms with van der Waals surface area (Å²) in [6.07, 6.45) is 2.41. The number of ether oxygens (including phenoxy) is 1. The number of nitrogens with zero attached hydrogens (tertiary/aromatic N) is 4. The number of benzene rings is 2. The SMILES string of the molecule is COCCCNC(=O)c1c(N)n(N=Cc2ccccc2C)c2nc3ccccc3nc12. The molecule has 158 valence electrons. The molecule has 0 atom stereocenters. The molecule has 8 heteroatoms. The summed E-state index contributed by atoms with van der Waals surface area (Å²) in [5.41, 5.74) is 10.9. The molecule has 0 saturated heterocycles. The quantitative estimate of drug-likeness (QED) is 0.356. The summed E-state index contributed by atoms with van der Waals surface area (Å²) in [5, 5.41) is 7.43. The molecule has 0 bridgehead atoms. The Morgan fingerprint density at radius 1 is 1.16 bits per heavy atom. The fraction of sp³-hybridized carbons (Fsp3) is 0.217. The van der Waals surface area contributed by atoms with Gasteiger partial charge in [-0.2, -0.15) is 9.78 Å². The summed E-state index contributed by atoms with van der Waals surface area (Å²) in [7, 11) is 1.63. The lowest BCUT2D eigenvalue weighted by Crippen LogP contribution is -2.26. The first kappa shape index (κ1) is 20.5. The van der Waals surface area contributed by atoms with Crippen LogP contribution < -0.4 is 11.1 Å². The van der Waals surface area contributed by atoms with Gasteiger partial charge in [0.2, 0.25) is 0 Å². The molecule has 4 rings (SSSR count). The molecular formula is C23H24N6O2. The first-order valence-corrected chi connectivity index (χ1v) is 10.0. The van der Waals surface area contributed by atoms with Gasteiger partial charge in [0.1, 0.15) is 16.9 Å². The summed E-state index contributed by atoms with van der Waals surface area (Å²) < 4.78 is 6.52. The normalized spacial score (nSPS) is 11.5. The minimum Gasteiger partial charge on any atom is -0.385 e. The van der Waals surface area contributed by atoms with Crippen LogP contribution in [0.5, 0.6) is 0 Å². The molecule has 2 heterocycles. The van der Waals surface area contributed by atoms with E-state index in [9.17, 15) is 4.79 Å². The van der Waals surface area contributed by atoms with Crippen molar-refractivity contribution in [3.05, 3.63) is 65.2 Å². The number of carbonyl (C=O) groups excluding carboxylic acids is 1. The van der Waals surface area contributed by atoms with Crippen LogP contribution in [0.15, 0.2) is 53.6 Å². The third kappa shape index (κ3) is 4.10. The van der Waals surface area contributed by atoms with Gasteiger partial charge in [-0.05, 0) is 36.6 Å². The first-order chi connectivity index (χ1) is 15.1. The second-order valence-corrected chi connectivity index (χ2v) is 7.16. The van der Waals surface area contributed by atoms with Gasteiger partial charge in [0.25, 0.3) is 5.91 Å². The Kier molecular flexibility index (Phi) is 5.90. The van der Waals surface area contributed by atoms with Crippen molar-refractivity contribution < 1.29 is 9.53 Å². The average molecular weight is 416 g/mol. The van der Waals surface area contributed by atoms with E-state index in [0.29, 0.717) is 41.8 Å². The van der Waals surface area contributed by atoms with Gasteiger partial charge in [-0.25, -0.2) is 9.97 Å². The number of nitrogens with one attached hydrogen (secondary N) is 1. The molecule has 3 N–H and O–H groups in total. The number of rotatable bonds is 7. The highest BCUT2D eigenvalue weighted by atomic mass is 16.5. The number of anilines is 1. The van der Waals surface area contributed by atoms with Gasteiger partial charge in [0.05, 0.1) is 17.2 Å². The number of carbonyl (C=O) groups is 1.